The molecular formula is C14H14ClN5. The minimum atomic E-state index is 0.390. The van der Waals surface area contributed by atoms with Gasteiger partial charge >= 0.3 is 0 Å². The van der Waals surface area contributed by atoms with Crippen molar-refractivity contribution >= 4 is 17.3 Å². The van der Waals surface area contributed by atoms with E-state index in [1.165, 1.54) is 0 Å². The molecule has 1 saturated heterocycles. The van der Waals surface area contributed by atoms with Crippen LogP contribution >= 0.6 is 11.6 Å². The van der Waals surface area contributed by atoms with Gasteiger partial charge in [0.25, 0.3) is 0 Å². The molecule has 0 N–H and O–H groups in total. The monoisotopic (exact) mass is 287 g/mol. The maximum Gasteiger partial charge on any atom is 0.137 e. The zero-order valence-electron chi connectivity index (χ0n) is 10.9. The van der Waals surface area contributed by atoms with Crippen molar-refractivity contribution in [3.05, 3.63) is 41.4 Å². The fourth-order valence-electron chi connectivity index (χ4n) is 2.68. The third kappa shape index (κ3) is 2.47. The zero-order valence-corrected chi connectivity index (χ0v) is 11.7. The number of nitrogens with zero attached hydrogens (tertiary/aromatic N) is 5. The Balaban J connectivity index is 1.81. The Kier molecular flexibility index (Phi) is 3.57. The van der Waals surface area contributed by atoms with Crippen molar-refractivity contribution < 1.29 is 0 Å². The van der Waals surface area contributed by atoms with E-state index in [2.05, 4.69) is 21.1 Å². The lowest BCUT2D eigenvalue weighted by Gasteiger charge is -2.27. The number of anilines is 1. The number of rotatable bonds is 3. The van der Waals surface area contributed by atoms with Gasteiger partial charge in [-0.05, 0) is 31.0 Å². The maximum absolute atomic E-state index is 8.93. The molecule has 20 heavy (non-hydrogen) atoms. The molecule has 1 fully saturated rings. The maximum atomic E-state index is 8.93. The van der Waals surface area contributed by atoms with Gasteiger partial charge in [-0.25, -0.2) is 4.98 Å². The van der Waals surface area contributed by atoms with E-state index < -0.39 is 0 Å². The number of hydrogen-bond acceptors (Lipinski definition) is 4. The molecular weight excluding hydrogens is 274 g/mol. The predicted molar refractivity (Wildman–Crippen MR) is 76.6 cm³/mol. The summed E-state index contributed by atoms with van der Waals surface area (Å²) < 4.78 is 1.86. The molecule has 5 nitrogen and oxygen atoms in total. The van der Waals surface area contributed by atoms with Crippen LogP contribution in [0.25, 0.3) is 0 Å². The molecule has 0 amide bonds. The Labute approximate surface area is 122 Å². The van der Waals surface area contributed by atoms with Crippen LogP contribution in [-0.4, -0.2) is 27.4 Å². The second kappa shape index (κ2) is 5.51. The fourth-order valence-corrected chi connectivity index (χ4v) is 2.90. The van der Waals surface area contributed by atoms with Crippen molar-refractivity contribution in [3.8, 4) is 6.07 Å². The molecule has 1 atom stereocenters. The number of aromatic nitrogens is 3. The summed E-state index contributed by atoms with van der Waals surface area (Å²) in [7, 11) is 0. The zero-order chi connectivity index (χ0) is 13.9. The summed E-state index contributed by atoms with van der Waals surface area (Å²) in [5.74, 6) is 0. The first-order valence-electron chi connectivity index (χ1n) is 6.56. The van der Waals surface area contributed by atoms with Gasteiger partial charge in [0.15, 0.2) is 0 Å². The normalized spacial score (nSPS) is 18.2. The molecule has 3 rings (SSSR count). The van der Waals surface area contributed by atoms with Crippen LogP contribution in [0, 0.1) is 11.3 Å². The fraction of sp³-hybridized carbons (Fsp3) is 0.357. The summed E-state index contributed by atoms with van der Waals surface area (Å²) in [5.41, 5.74) is 1.58. The van der Waals surface area contributed by atoms with Crippen molar-refractivity contribution in [2.24, 2.45) is 0 Å². The van der Waals surface area contributed by atoms with Gasteiger partial charge < -0.3 is 4.90 Å². The highest BCUT2D eigenvalue weighted by Crippen LogP contribution is 2.29. The van der Waals surface area contributed by atoms with Gasteiger partial charge in [-0.1, -0.05) is 11.6 Å². The van der Waals surface area contributed by atoms with Crippen molar-refractivity contribution in [2.75, 3.05) is 11.4 Å². The molecule has 0 radical (unpaired) electrons. The van der Waals surface area contributed by atoms with Crippen LogP contribution in [-0.2, 0) is 6.54 Å². The van der Waals surface area contributed by atoms with E-state index >= 15 is 0 Å². The summed E-state index contributed by atoms with van der Waals surface area (Å²) in [4.78, 5) is 6.30. The molecule has 1 aliphatic heterocycles. The molecule has 0 bridgehead atoms. The lowest BCUT2D eigenvalue weighted by molar-refractivity contribution is 0.508. The van der Waals surface area contributed by atoms with E-state index in [0.717, 1.165) is 31.6 Å². The molecule has 1 aromatic heterocycles. The van der Waals surface area contributed by atoms with E-state index in [4.69, 9.17) is 16.9 Å². The molecule has 1 aliphatic rings. The molecule has 0 aliphatic carbocycles. The van der Waals surface area contributed by atoms with Crippen molar-refractivity contribution in [2.45, 2.75) is 25.4 Å². The lowest BCUT2D eigenvalue weighted by Crippen LogP contribution is -2.33. The molecule has 6 heteroatoms. The quantitative estimate of drug-likeness (QED) is 0.870. The lowest BCUT2D eigenvalue weighted by atomic mass is 10.1. The van der Waals surface area contributed by atoms with E-state index in [1.807, 2.05) is 16.8 Å². The molecule has 2 aromatic rings. The third-order valence-electron chi connectivity index (χ3n) is 3.65. The first-order valence-corrected chi connectivity index (χ1v) is 6.94. The Bertz CT molecular complexity index is 632. The van der Waals surface area contributed by atoms with Crippen LogP contribution in [0.2, 0.25) is 5.02 Å². The second-order valence-corrected chi connectivity index (χ2v) is 5.29. The average Bonchev–Trinajstić information content (AvgIpc) is 3.11. The molecule has 0 spiro atoms. The van der Waals surface area contributed by atoms with Crippen LogP contribution in [0.15, 0.2) is 30.9 Å². The highest BCUT2D eigenvalue weighted by Gasteiger charge is 2.25. The van der Waals surface area contributed by atoms with Crippen LogP contribution in [0.1, 0.15) is 18.4 Å². The van der Waals surface area contributed by atoms with Crippen molar-refractivity contribution in [1.29, 1.82) is 5.26 Å². The van der Waals surface area contributed by atoms with Crippen molar-refractivity contribution in [1.82, 2.24) is 14.8 Å². The minimum absolute atomic E-state index is 0.390. The van der Waals surface area contributed by atoms with Crippen LogP contribution in [0.5, 0.6) is 0 Å². The van der Waals surface area contributed by atoms with E-state index in [1.54, 1.807) is 18.7 Å². The van der Waals surface area contributed by atoms with Crippen LogP contribution in [0.4, 0.5) is 5.69 Å². The van der Waals surface area contributed by atoms with Gasteiger partial charge in [0.05, 0.1) is 17.1 Å². The number of hydrogen-bond donors (Lipinski definition) is 0. The second-order valence-electron chi connectivity index (χ2n) is 4.88. The van der Waals surface area contributed by atoms with Gasteiger partial charge in [-0.15, -0.1) is 0 Å². The first-order chi connectivity index (χ1) is 9.78. The van der Waals surface area contributed by atoms with Crippen molar-refractivity contribution in [3.63, 3.8) is 0 Å². The van der Waals surface area contributed by atoms with Gasteiger partial charge in [-0.2, -0.15) is 10.4 Å². The number of nitriles is 1. The SMILES string of the molecule is N#Cc1ccc(N2CCCC2Cn2cncn2)cc1Cl. The van der Waals surface area contributed by atoms with Crippen LogP contribution in [0.3, 0.4) is 0 Å². The highest BCUT2D eigenvalue weighted by molar-refractivity contribution is 6.32. The highest BCUT2D eigenvalue weighted by atomic mass is 35.5. The first kappa shape index (κ1) is 12.9. The Morgan fingerprint density at radius 1 is 1.45 bits per heavy atom. The molecule has 1 unspecified atom stereocenters. The van der Waals surface area contributed by atoms with Gasteiger partial charge in [0.1, 0.15) is 18.7 Å². The minimum Gasteiger partial charge on any atom is -0.367 e. The summed E-state index contributed by atoms with van der Waals surface area (Å²) in [6.45, 7) is 1.82. The Morgan fingerprint density at radius 3 is 3.05 bits per heavy atom. The Morgan fingerprint density at radius 2 is 2.35 bits per heavy atom. The summed E-state index contributed by atoms with van der Waals surface area (Å²) >= 11 is 6.12. The van der Waals surface area contributed by atoms with Crippen LogP contribution < -0.4 is 4.90 Å². The third-order valence-corrected chi connectivity index (χ3v) is 3.96. The predicted octanol–water partition coefficient (Wildman–Crippen LogP) is 2.47. The molecule has 0 saturated carbocycles. The average molecular weight is 288 g/mol. The topological polar surface area (TPSA) is 57.7 Å². The molecule has 2 heterocycles. The number of halogens is 1. The number of benzene rings is 1. The van der Waals surface area contributed by atoms with E-state index in [-0.39, 0.29) is 0 Å². The Hall–Kier alpha value is -2.06. The van der Waals surface area contributed by atoms with Gasteiger partial charge in [-0.3, -0.25) is 4.68 Å². The largest absolute Gasteiger partial charge is 0.367 e. The molecule has 1 aromatic carbocycles. The summed E-state index contributed by atoms with van der Waals surface area (Å²) in [6.07, 6.45) is 5.56. The summed E-state index contributed by atoms with van der Waals surface area (Å²) in [6, 6.07) is 8.09. The van der Waals surface area contributed by atoms with Gasteiger partial charge in [0.2, 0.25) is 0 Å². The summed E-state index contributed by atoms with van der Waals surface area (Å²) in [5, 5.41) is 13.6. The molecule has 102 valence electrons. The standard InChI is InChI=1S/C14H14ClN5/c15-14-6-12(4-3-11(14)7-16)20-5-1-2-13(20)8-19-10-17-9-18-19/h3-4,6,9-10,13H,1-2,5,8H2. The van der Waals surface area contributed by atoms with E-state index in [0.29, 0.717) is 16.6 Å². The van der Waals surface area contributed by atoms with Gasteiger partial charge in [0, 0.05) is 18.3 Å². The van der Waals surface area contributed by atoms with E-state index in [9.17, 15) is 0 Å². The smallest absolute Gasteiger partial charge is 0.137 e.